The summed E-state index contributed by atoms with van der Waals surface area (Å²) in [5.41, 5.74) is 4.96. The van der Waals surface area contributed by atoms with E-state index in [0.29, 0.717) is 6.42 Å². The van der Waals surface area contributed by atoms with Crippen molar-refractivity contribution in [1.82, 2.24) is 0 Å². The highest BCUT2D eigenvalue weighted by atomic mass is 35.5. The van der Waals surface area contributed by atoms with Crippen LogP contribution in [-0.2, 0) is 4.79 Å². The molecular formula is C8H14ClNO2. The lowest BCUT2D eigenvalue weighted by Gasteiger charge is -2.26. The Labute approximate surface area is 77.7 Å². The lowest BCUT2D eigenvalue weighted by Crippen LogP contribution is -2.52. The fraction of sp³-hybridized carbons (Fsp3) is 0.875. The van der Waals surface area contributed by atoms with E-state index in [4.69, 9.17) is 10.8 Å². The average Bonchev–Trinajstić information content (AvgIpc) is 2.60. The van der Waals surface area contributed by atoms with Crippen LogP contribution in [0.1, 0.15) is 32.1 Å². The first kappa shape index (κ1) is 9.81. The summed E-state index contributed by atoms with van der Waals surface area (Å²) in [7, 11) is 0. The van der Waals surface area contributed by atoms with Crippen LogP contribution in [0.4, 0.5) is 0 Å². The lowest BCUT2D eigenvalue weighted by atomic mass is 9.85. The Kier molecular flexibility index (Phi) is 2.13. The van der Waals surface area contributed by atoms with Crippen LogP contribution in [0.15, 0.2) is 0 Å². The number of hydrogen-bond donors (Lipinski definition) is 2. The van der Waals surface area contributed by atoms with Gasteiger partial charge in [0.2, 0.25) is 0 Å². The molecule has 0 aromatic rings. The summed E-state index contributed by atoms with van der Waals surface area (Å²) in [6.45, 7) is 0. The van der Waals surface area contributed by atoms with E-state index in [-0.39, 0.29) is 17.8 Å². The van der Waals surface area contributed by atoms with Gasteiger partial charge in [0.15, 0.2) is 0 Å². The molecule has 2 rings (SSSR count). The number of carbonyl (C=O) groups is 1. The number of carboxylic acid groups (broad SMARTS) is 1. The summed E-state index contributed by atoms with van der Waals surface area (Å²) in [5.74, 6) is -0.799. The van der Waals surface area contributed by atoms with Gasteiger partial charge in [-0.3, -0.25) is 4.79 Å². The number of nitrogens with two attached hydrogens (primary N) is 1. The molecule has 0 aromatic heterocycles. The SMILES string of the molecule is Cl.NC1(C(=O)O)CCCC12CC2. The monoisotopic (exact) mass is 191 g/mol. The van der Waals surface area contributed by atoms with E-state index < -0.39 is 11.5 Å². The van der Waals surface area contributed by atoms with E-state index >= 15 is 0 Å². The number of hydrogen-bond acceptors (Lipinski definition) is 2. The van der Waals surface area contributed by atoms with Gasteiger partial charge in [-0.05, 0) is 31.1 Å². The van der Waals surface area contributed by atoms with Crippen molar-refractivity contribution in [2.24, 2.45) is 11.1 Å². The summed E-state index contributed by atoms with van der Waals surface area (Å²) < 4.78 is 0. The fourth-order valence-electron chi connectivity index (χ4n) is 2.37. The van der Waals surface area contributed by atoms with Gasteiger partial charge in [0.05, 0.1) is 0 Å². The van der Waals surface area contributed by atoms with Crippen LogP contribution in [-0.4, -0.2) is 16.6 Å². The molecule has 12 heavy (non-hydrogen) atoms. The minimum Gasteiger partial charge on any atom is -0.480 e. The Balaban J connectivity index is 0.000000720. The molecule has 0 heterocycles. The number of rotatable bonds is 1. The smallest absolute Gasteiger partial charge is 0.324 e. The summed E-state index contributed by atoms with van der Waals surface area (Å²) in [4.78, 5) is 10.9. The second-order valence-corrected chi connectivity index (χ2v) is 3.91. The van der Waals surface area contributed by atoms with E-state index in [0.717, 1.165) is 25.7 Å². The van der Waals surface area contributed by atoms with E-state index in [9.17, 15) is 4.79 Å². The molecule has 0 aliphatic heterocycles. The van der Waals surface area contributed by atoms with Crippen LogP contribution >= 0.6 is 12.4 Å². The largest absolute Gasteiger partial charge is 0.480 e. The molecule has 0 amide bonds. The highest BCUT2D eigenvalue weighted by molar-refractivity contribution is 5.85. The predicted octanol–water partition coefficient (Wildman–Crippen LogP) is 1.15. The average molecular weight is 192 g/mol. The molecule has 4 heteroatoms. The molecule has 1 unspecified atom stereocenters. The van der Waals surface area contributed by atoms with Gasteiger partial charge in [-0.1, -0.05) is 6.42 Å². The zero-order chi connectivity index (χ0) is 8.11. The molecule has 70 valence electrons. The molecule has 1 atom stereocenters. The summed E-state index contributed by atoms with van der Waals surface area (Å²) >= 11 is 0. The van der Waals surface area contributed by atoms with Gasteiger partial charge >= 0.3 is 5.97 Å². The summed E-state index contributed by atoms with van der Waals surface area (Å²) in [6, 6.07) is 0. The number of carboxylic acids is 1. The Morgan fingerprint density at radius 1 is 1.25 bits per heavy atom. The molecule has 0 radical (unpaired) electrons. The summed E-state index contributed by atoms with van der Waals surface area (Å²) in [6.07, 6.45) is 4.73. The van der Waals surface area contributed by atoms with Gasteiger partial charge < -0.3 is 10.8 Å². The molecule has 2 aliphatic rings. The zero-order valence-electron chi connectivity index (χ0n) is 6.88. The maximum atomic E-state index is 10.9. The maximum Gasteiger partial charge on any atom is 0.324 e. The molecule has 3 nitrogen and oxygen atoms in total. The molecule has 2 saturated carbocycles. The fourth-order valence-corrected chi connectivity index (χ4v) is 2.37. The van der Waals surface area contributed by atoms with E-state index in [1.807, 2.05) is 0 Å². The van der Waals surface area contributed by atoms with Crippen molar-refractivity contribution in [3.05, 3.63) is 0 Å². The third-order valence-electron chi connectivity index (χ3n) is 3.41. The van der Waals surface area contributed by atoms with Crippen molar-refractivity contribution in [1.29, 1.82) is 0 Å². The minimum atomic E-state index is -0.882. The predicted molar refractivity (Wildman–Crippen MR) is 47.3 cm³/mol. The van der Waals surface area contributed by atoms with Crippen LogP contribution in [0.25, 0.3) is 0 Å². The Morgan fingerprint density at radius 2 is 1.83 bits per heavy atom. The van der Waals surface area contributed by atoms with E-state index in [1.165, 1.54) is 0 Å². The quantitative estimate of drug-likeness (QED) is 0.654. The van der Waals surface area contributed by atoms with Crippen molar-refractivity contribution in [3.8, 4) is 0 Å². The third-order valence-corrected chi connectivity index (χ3v) is 3.41. The molecule has 2 aliphatic carbocycles. The number of aliphatic carboxylic acids is 1. The molecule has 1 spiro atoms. The zero-order valence-corrected chi connectivity index (χ0v) is 7.69. The second kappa shape index (κ2) is 2.60. The molecule has 0 bridgehead atoms. The first-order valence-corrected chi connectivity index (χ1v) is 4.13. The molecule has 2 fully saturated rings. The van der Waals surface area contributed by atoms with Crippen molar-refractivity contribution >= 4 is 18.4 Å². The Morgan fingerprint density at radius 3 is 2.17 bits per heavy atom. The highest BCUT2D eigenvalue weighted by Crippen LogP contribution is 2.62. The first-order valence-electron chi connectivity index (χ1n) is 4.13. The number of halogens is 1. The first-order chi connectivity index (χ1) is 5.11. The van der Waals surface area contributed by atoms with Gasteiger partial charge in [0, 0.05) is 0 Å². The van der Waals surface area contributed by atoms with Crippen molar-refractivity contribution in [2.75, 3.05) is 0 Å². The standard InChI is InChI=1S/C8H13NO2.ClH/c9-8(6(10)11)3-1-2-7(8)4-5-7;/h1-5,9H2,(H,10,11);1H. The summed E-state index contributed by atoms with van der Waals surface area (Å²) in [5, 5.41) is 8.92. The lowest BCUT2D eigenvalue weighted by molar-refractivity contribution is -0.145. The second-order valence-electron chi connectivity index (χ2n) is 3.91. The van der Waals surface area contributed by atoms with Crippen LogP contribution < -0.4 is 5.73 Å². The topological polar surface area (TPSA) is 63.3 Å². The van der Waals surface area contributed by atoms with E-state index in [1.54, 1.807) is 0 Å². The molecule has 0 aromatic carbocycles. The molecular weight excluding hydrogens is 178 g/mol. The van der Waals surface area contributed by atoms with Crippen LogP contribution in [0, 0.1) is 5.41 Å². The minimum absolute atomic E-state index is 0. The molecule has 3 N–H and O–H groups in total. The van der Waals surface area contributed by atoms with Crippen molar-refractivity contribution in [2.45, 2.75) is 37.6 Å². The van der Waals surface area contributed by atoms with Gasteiger partial charge in [0.25, 0.3) is 0 Å². The highest BCUT2D eigenvalue weighted by Gasteiger charge is 2.63. The Hall–Kier alpha value is -0.280. The van der Waals surface area contributed by atoms with Crippen LogP contribution in [0.5, 0.6) is 0 Å². The van der Waals surface area contributed by atoms with E-state index in [2.05, 4.69) is 0 Å². The maximum absolute atomic E-state index is 10.9. The van der Waals surface area contributed by atoms with Gasteiger partial charge in [0.1, 0.15) is 5.54 Å². The third kappa shape index (κ3) is 0.962. The van der Waals surface area contributed by atoms with Gasteiger partial charge in [-0.25, -0.2) is 0 Å². The van der Waals surface area contributed by atoms with Crippen molar-refractivity contribution < 1.29 is 9.90 Å². The Bertz CT molecular complexity index is 215. The van der Waals surface area contributed by atoms with Gasteiger partial charge in [-0.2, -0.15) is 0 Å². The van der Waals surface area contributed by atoms with Crippen molar-refractivity contribution in [3.63, 3.8) is 0 Å². The molecule has 0 saturated heterocycles. The van der Waals surface area contributed by atoms with Crippen LogP contribution in [0.3, 0.4) is 0 Å². The van der Waals surface area contributed by atoms with Gasteiger partial charge in [-0.15, -0.1) is 12.4 Å². The normalized spacial score (nSPS) is 36.1. The van der Waals surface area contributed by atoms with Crippen LogP contribution in [0.2, 0.25) is 0 Å².